The number of carbonyl (C=O) groups is 1. The highest BCUT2D eigenvalue weighted by Crippen LogP contribution is 2.43. The largest absolute Gasteiger partial charge is 0.478 e. The summed E-state index contributed by atoms with van der Waals surface area (Å²) in [6.45, 7) is 2.78. The van der Waals surface area contributed by atoms with Crippen LogP contribution in [0.25, 0.3) is 0 Å². The zero-order chi connectivity index (χ0) is 20.0. The molecule has 0 N–H and O–H groups in total. The summed E-state index contributed by atoms with van der Waals surface area (Å²) in [6, 6.07) is 14.8. The van der Waals surface area contributed by atoms with Gasteiger partial charge < -0.3 is 19.1 Å². The molecule has 0 unspecified atom stereocenters. The van der Waals surface area contributed by atoms with Crippen LogP contribution in [-0.2, 0) is 11.3 Å². The number of rotatable bonds is 5. The van der Waals surface area contributed by atoms with Gasteiger partial charge in [-0.2, -0.15) is 0 Å². The molecule has 0 spiro atoms. The van der Waals surface area contributed by atoms with Gasteiger partial charge in [-0.25, -0.2) is 0 Å². The molecule has 0 aliphatic carbocycles. The number of hydrogen-bond donors (Lipinski definition) is 0. The lowest BCUT2D eigenvalue weighted by molar-refractivity contribution is -0.165. The molecule has 7 heteroatoms. The lowest BCUT2D eigenvalue weighted by atomic mass is 9.93. The van der Waals surface area contributed by atoms with Crippen molar-refractivity contribution in [1.82, 2.24) is 4.90 Å². The molecule has 2 atom stereocenters. The molecule has 3 aromatic rings. The molecule has 1 fully saturated rings. The van der Waals surface area contributed by atoms with E-state index in [-0.39, 0.29) is 18.7 Å². The number of aryl methyl sites for hydroxylation is 1. The number of halogens is 1. The van der Waals surface area contributed by atoms with E-state index in [2.05, 4.69) is 13.0 Å². The average molecular weight is 428 g/mol. The van der Waals surface area contributed by atoms with Crippen molar-refractivity contribution in [3.8, 4) is 17.2 Å². The monoisotopic (exact) mass is 427 g/mol. The zero-order valence-corrected chi connectivity index (χ0v) is 17.2. The maximum atomic E-state index is 13.0. The second-order valence-electron chi connectivity index (χ2n) is 7.06. The quantitative estimate of drug-likeness (QED) is 0.539. The second kappa shape index (κ2) is 7.28. The van der Waals surface area contributed by atoms with Crippen LogP contribution in [0.15, 0.2) is 53.9 Å². The molecule has 0 saturated carbocycles. The summed E-state index contributed by atoms with van der Waals surface area (Å²) in [5.41, 5.74) is 2.15. The van der Waals surface area contributed by atoms with Crippen molar-refractivity contribution in [2.24, 2.45) is 0 Å². The predicted molar refractivity (Wildman–Crippen MR) is 111 cm³/mol. The average Bonchev–Trinajstić information content (AvgIpc) is 3.36. The summed E-state index contributed by atoms with van der Waals surface area (Å²) in [6.07, 6.45) is -0.553. The van der Waals surface area contributed by atoms with Crippen LogP contribution in [0.1, 0.15) is 22.0 Å². The van der Waals surface area contributed by atoms with Crippen molar-refractivity contribution < 1.29 is 19.0 Å². The Labute approximate surface area is 177 Å². The molecule has 148 valence electrons. The number of β-lactam (4-membered cyclic amide) rings is 1. The highest BCUT2D eigenvalue weighted by molar-refractivity contribution is 7.10. The summed E-state index contributed by atoms with van der Waals surface area (Å²) >= 11 is 7.61. The minimum Gasteiger partial charge on any atom is -0.478 e. The molecule has 0 bridgehead atoms. The number of nitrogens with zero attached hydrogens (tertiary/aromatic N) is 1. The molecule has 3 heterocycles. The zero-order valence-electron chi connectivity index (χ0n) is 15.6. The van der Waals surface area contributed by atoms with E-state index in [9.17, 15) is 4.79 Å². The Morgan fingerprint density at radius 1 is 1.14 bits per heavy atom. The van der Waals surface area contributed by atoms with Crippen LogP contribution in [0.2, 0.25) is 5.02 Å². The maximum Gasteiger partial charge on any atom is 0.267 e. The Morgan fingerprint density at radius 3 is 2.69 bits per heavy atom. The Morgan fingerprint density at radius 2 is 1.93 bits per heavy atom. The van der Waals surface area contributed by atoms with E-state index >= 15 is 0 Å². The van der Waals surface area contributed by atoms with Crippen LogP contribution in [0.4, 0.5) is 0 Å². The summed E-state index contributed by atoms with van der Waals surface area (Å²) in [4.78, 5) is 16.0. The Kier molecular flexibility index (Phi) is 4.60. The molecule has 1 saturated heterocycles. The first kappa shape index (κ1) is 18.3. The molecular weight excluding hydrogens is 410 g/mol. The number of amides is 1. The summed E-state index contributed by atoms with van der Waals surface area (Å²) < 4.78 is 16.9. The van der Waals surface area contributed by atoms with E-state index in [1.807, 2.05) is 28.5 Å². The van der Waals surface area contributed by atoms with Gasteiger partial charge in [-0.1, -0.05) is 17.7 Å². The van der Waals surface area contributed by atoms with E-state index in [4.69, 9.17) is 25.8 Å². The van der Waals surface area contributed by atoms with E-state index < -0.39 is 6.10 Å². The van der Waals surface area contributed by atoms with Crippen molar-refractivity contribution in [2.75, 3.05) is 6.79 Å². The molecule has 5 rings (SSSR count). The summed E-state index contributed by atoms with van der Waals surface area (Å²) in [7, 11) is 0. The van der Waals surface area contributed by atoms with E-state index in [1.54, 1.807) is 35.6 Å². The molecule has 2 aromatic carbocycles. The lowest BCUT2D eigenvalue weighted by Gasteiger charge is -2.46. The van der Waals surface area contributed by atoms with Crippen LogP contribution in [-0.4, -0.2) is 23.7 Å². The van der Waals surface area contributed by atoms with Crippen molar-refractivity contribution >= 4 is 28.8 Å². The number of carbonyl (C=O) groups excluding carboxylic acids is 1. The van der Waals surface area contributed by atoms with Gasteiger partial charge in [0.25, 0.3) is 5.91 Å². The van der Waals surface area contributed by atoms with Crippen molar-refractivity contribution in [1.29, 1.82) is 0 Å². The number of ether oxygens (including phenoxy) is 3. The molecule has 2 aliphatic heterocycles. The van der Waals surface area contributed by atoms with Gasteiger partial charge in [0.2, 0.25) is 12.9 Å². The number of benzene rings is 2. The van der Waals surface area contributed by atoms with Gasteiger partial charge in [-0.05, 0) is 65.9 Å². The fourth-order valence-electron chi connectivity index (χ4n) is 3.67. The van der Waals surface area contributed by atoms with Crippen LogP contribution in [0, 0.1) is 6.92 Å². The Hall–Kier alpha value is -2.70. The molecule has 5 nitrogen and oxygen atoms in total. The number of thiophene rings is 1. The number of fused-ring (bicyclic) bond motifs is 1. The molecule has 2 aliphatic rings. The molecule has 0 radical (unpaired) electrons. The van der Waals surface area contributed by atoms with Crippen molar-refractivity contribution in [3.63, 3.8) is 0 Å². The first-order valence-electron chi connectivity index (χ1n) is 9.25. The third-order valence-electron chi connectivity index (χ3n) is 5.19. The molecule has 1 aromatic heterocycles. The van der Waals surface area contributed by atoms with Crippen LogP contribution in [0.3, 0.4) is 0 Å². The number of hydrogen-bond acceptors (Lipinski definition) is 5. The fourth-order valence-corrected chi connectivity index (χ4v) is 4.86. The standard InChI is InChI=1S/C22H18ClNO4S/c1-13-8-9-29-21(13)19-20(28-16-5-3-15(23)4-6-16)22(25)24(19)11-14-2-7-17-18(10-14)27-12-26-17/h2-10,19-20H,11-12H2,1H3/t19-,20-/m0/s1. The minimum absolute atomic E-state index is 0.0320. The first-order valence-corrected chi connectivity index (χ1v) is 10.5. The molecular formula is C22H18ClNO4S. The van der Waals surface area contributed by atoms with Gasteiger partial charge >= 0.3 is 0 Å². The highest BCUT2D eigenvalue weighted by atomic mass is 35.5. The van der Waals surface area contributed by atoms with E-state index in [0.717, 1.165) is 21.8 Å². The SMILES string of the molecule is Cc1ccsc1[C@@H]1[C@H](Oc2ccc(Cl)cc2)C(=O)N1Cc1ccc2c(c1)OCO2. The predicted octanol–water partition coefficient (Wildman–Crippen LogP) is 4.97. The third kappa shape index (κ3) is 3.32. The maximum absolute atomic E-state index is 13.0. The van der Waals surface area contributed by atoms with Crippen LogP contribution < -0.4 is 14.2 Å². The highest BCUT2D eigenvalue weighted by Gasteiger charge is 2.51. The van der Waals surface area contributed by atoms with Gasteiger partial charge in [-0.15, -0.1) is 11.3 Å². The van der Waals surface area contributed by atoms with Gasteiger partial charge in [-0.3, -0.25) is 4.79 Å². The van der Waals surface area contributed by atoms with Gasteiger partial charge in [0, 0.05) is 16.4 Å². The van der Waals surface area contributed by atoms with Crippen molar-refractivity contribution in [3.05, 3.63) is 74.9 Å². The minimum atomic E-state index is -0.553. The third-order valence-corrected chi connectivity index (χ3v) is 6.53. The van der Waals surface area contributed by atoms with Gasteiger partial charge in [0.1, 0.15) is 11.8 Å². The van der Waals surface area contributed by atoms with Gasteiger partial charge in [0.05, 0.1) is 0 Å². The van der Waals surface area contributed by atoms with Crippen molar-refractivity contribution in [2.45, 2.75) is 25.6 Å². The second-order valence-corrected chi connectivity index (χ2v) is 8.44. The normalized spacial score (nSPS) is 19.9. The fraction of sp³-hybridized carbons (Fsp3) is 0.227. The van der Waals surface area contributed by atoms with E-state index in [0.29, 0.717) is 23.1 Å². The summed E-state index contributed by atoms with van der Waals surface area (Å²) in [5.74, 6) is 2.05. The smallest absolute Gasteiger partial charge is 0.267 e. The molecule has 29 heavy (non-hydrogen) atoms. The topological polar surface area (TPSA) is 48.0 Å². The Balaban J connectivity index is 1.41. The van der Waals surface area contributed by atoms with Crippen LogP contribution in [0.5, 0.6) is 17.2 Å². The number of likely N-dealkylation sites (tertiary alicyclic amines) is 1. The van der Waals surface area contributed by atoms with Gasteiger partial charge in [0.15, 0.2) is 11.5 Å². The lowest BCUT2D eigenvalue weighted by Crippen LogP contribution is -2.60. The van der Waals surface area contributed by atoms with Crippen LogP contribution >= 0.6 is 22.9 Å². The van der Waals surface area contributed by atoms with E-state index in [1.165, 1.54) is 0 Å². The summed E-state index contributed by atoms with van der Waals surface area (Å²) in [5, 5.41) is 2.68. The Bertz CT molecular complexity index is 1060. The molecule has 1 amide bonds. The first-order chi connectivity index (χ1) is 14.1.